The van der Waals surface area contributed by atoms with E-state index in [0.717, 1.165) is 91.7 Å². The van der Waals surface area contributed by atoms with Crippen molar-refractivity contribution < 1.29 is 43.5 Å². The highest BCUT2D eigenvalue weighted by atomic mass is 35.5. The van der Waals surface area contributed by atoms with E-state index in [0.29, 0.717) is 86.7 Å². The van der Waals surface area contributed by atoms with E-state index in [9.17, 15) is 14.7 Å². The molecule has 404 valence electrons. The van der Waals surface area contributed by atoms with E-state index in [-0.39, 0.29) is 31.1 Å². The third-order valence-electron chi connectivity index (χ3n) is 12.3. The molecule has 0 radical (unpaired) electrons. The molecular formula is C58H64Cl2N8O9. The average Bonchev–Trinajstić information content (AvgIpc) is 4.09. The molecule has 3 aliphatic rings. The van der Waals surface area contributed by atoms with E-state index in [1.807, 2.05) is 78.9 Å². The molecule has 0 saturated carbocycles. The van der Waals surface area contributed by atoms with E-state index >= 15 is 0 Å². The maximum absolute atomic E-state index is 11.3. The molecule has 77 heavy (non-hydrogen) atoms. The fourth-order valence-corrected chi connectivity index (χ4v) is 8.91. The van der Waals surface area contributed by atoms with Gasteiger partial charge in [0.25, 0.3) is 0 Å². The van der Waals surface area contributed by atoms with Gasteiger partial charge in [0.15, 0.2) is 0 Å². The lowest BCUT2D eigenvalue weighted by Gasteiger charge is -2.15. The van der Waals surface area contributed by atoms with Gasteiger partial charge in [-0.1, -0.05) is 71.7 Å². The van der Waals surface area contributed by atoms with Gasteiger partial charge in [0.05, 0.1) is 52.3 Å². The fraction of sp³-hybridized carbons (Fsp3) is 0.310. The van der Waals surface area contributed by atoms with Crippen LogP contribution >= 0.6 is 23.2 Å². The second kappa shape index (κ2) is 28.2. The van der Waals surface area contributed by atoms with Gasteiger partial charge in [-0.05, 0) is 117 Å². The predicted octanol–water partition coefficient (Wildman–Crippen LogP) is 9.17. The molecule has 1 unspecified atom stereocenters. The number of rotatable bonds is 19. The zero-order chi connectivity index (χ0) is 53.9. The van der Waals surface area contributed by atoms with E-state index in [1.54, 1.807) is 19.1 Å². The normalized spacial score (nSPS) is 15.1. The number of benzene rings is 6. The molecule has 1 fully saturated rings. The number of halogens is 2. The lowest BCUT2D eigenvalue weighted by atomic mass is 10.0. The summed E-state index contributed by atoms with van der Waals surface area (Å²) in [6, 6.07) is 39.4. The summed E-state index contributed by atoms with van der Waals surface area (Å²) in [7, 11) is 0. The molecule has 0 aliphatic carbocycles. The highest BCUT2D eigenvalue weighted by molar-refractivity contribution is 6.33. The van der Waals surface area contributed by atoms with E-state index < -0.39 is 6.10 Å². The van der Waals surface area contributed by atoms with Crippen LogP contribution in [0.4, 0.5) is 0 Å². The Morgan fingerprint density at radius 2 is 1.16 bits per heavy atom. The second-order valence-corrected chi connectivity index (χ2v) is 18.9. The number of aliphatic hydroxyl groups excluding tert-OH is 2. The number of aromatic amines is 2. The number of aliphatic hydroxyl groups is 2. The molecule has 3 aliphatic heterocycles. The Labute approximate surface area is 456 Å². The summed E-state index contributed by atoms with van der Waals surface area (Å²) in [6.07, 6.45) is 3.25. The van der Waals surface area contributed by atoms with Crippen LogP contribution in [0.2, 0.25) is 10.0 Å². The van der Waals surface area contributed by atoms with Gasteiger partial charge in [-0.2, -0.15) is 10.2 Å². The number of carbonyl (C=O) groups is 2. The maximum Gasteiger partial charge on any atom is 0.240 e. The summed E-state index contributed by atoms with van der Waals surface area (Å²) < 4.78 is 28.3. The van der Waals surface area contributed by atoms with Crippen molar-refractivity contribution >= 4 is 90.1 Å². The predicted molar refractivity (Wildman–Crippen MR) is 304 cm³/mol. The second-order valence-electron chi connectivity index (χ2n) is 18.1. The number of hydrazone groups is 2. The van der Waals surface area contributed by atoms with Crippen molar-refractivity contribution in [3.8, 4) is 23.0 Å². The number of hydrogen-bond acceptors (Lipinski definition) is 13. The van der Waals surface area contributed by atoms with E-state index in [2.05, 4.69) is 66.7 Å². The van der Waals surface area contributed by atoms with E-state index in [1.165, 1.54) is 5.39 Å². The number of fused-ring (bicyclic) bond motifs is 6. The molecule has 9 N–H and O–H groups in total. The van der Waals surface area contributed by atoms with Gasteiger partial charge in [-0.3, -0.25) is 9.59 Å². The first kappa shape index (κ1) is 56.0. The number of epoxide rings is 1. The lowest BCUT2D eigenvalue weighted by Crippen LogP contribution is -2.32. The van der Waals surface area contributed by atoms with Crippen molar-refractivity contribution in [2.75, 3.05) is 59.3 Å². The number of hydrogen-bond donors (Lipinski definition) is 8. The minimum Gasteiger partial charge on any atom is -0.492 e. The van der Waals surface area contributed by atoms with Crippen LogP contribution < -0.4 is 40.8 Å². The summed E-state index contributed by atoms with van der Waals surface area (Å²) in [5, 5.41) is 34.9. The molecule has 5 heterocycles. The topological polar surface area (TPSA) is 242 Å². The Balaban J connectivity index is 0.000000164. The molecule has 6 aromatic carbocycles. The minimum absolute atomic E-state index is 0.0587. The molecule has 1 saturated heterocycles. The van der Waals surface area contributed by atoms with Gasteiger partial charge in [-0.25, -0.2) is 10.9 Å². The molecule has 0 bridgehead atoms. The lowest BCUT2D eigenvalue weighted by molar-refractivity contribution is -0.122. The molecule has 19 heteroatoms. The van der Waals surface area contributed by atoms with Crippen LogP contribution in [0.1, 0.15) is 56.6 Å². The SMILES string of the molecule is CCO.NCCCOc1ccc(C2=NNC(=O)CC2)cc1Cl.O=C1CCC(c2ccc(OCCCNC[C@@H](O)COc3cccc4[nH]c5ccccc5c34)c(Cl)c2)=NN1.c1ccc2c(c1)[nH]c1cccc(OCC3CO3)c12. The monoisotopic (exact) mass is 1090 g/mol. The molecule has 11 rings (SSSR count). The van der Waals surface area contributed by atoms with Crippen molar-refractivity contribution in [2.24, 2.45) is 15.9 Å². The Hall–Kier alpha value is -7.22. The van der Waals surface area contributed by atoms with Crippen LogP contribution in [0, 0.1) is 0 Å². The quantitative estimate of drug-likeness (QED) is 0.0280. The molecule has 0 spiro atoms. The van der Waals surface area contributed by atoms with Gasteiger partial charge in [0.2, 0.25) is 11.8 Å². The van der Waals surface area contributed by atoms with Crippen LogP contribution in [0.5, 0.6) is 23.0 Å². The molecular weight excluding hydrogens is 1020 g/mol. The first-order chi connectivity index (χ1) is 37.6. The van der Waals surface area contributed by atoms with Crippen LogP contribution in [-0.4, -0.2) is 115 Å². The number of nitrogens with zero attached hydrogens (tertiary/aromatic N) is 2. The van der Waals surface area contributed by atoms with Crippen LogP contribution in [0.3, 0.4) is 0 Å². The highest BCUT2D eigenvalue weighted by Crippen LogP contribution is 2.35. The van der Waals surface area contributed by atoms with Gasteiger partial charge in [-0.15, -0.1) is 0 Å². The van der Waals surface area contributed by atoms with Gasteiger partial charge in [0.1, 0.15) is 48.4 Å². The molecule has 2 amide bonds. The van der Waals surface area contributed by atoms with Crippen molar-refractivity contribution in [3.63, 3.8) is 0 Å². The fourth-order valence-electron chi connectivity index (χ4n) is 8.44. The van der Waals surface area contributed by atoms with Crippen LogP contribution in [0.25, 0.3) is 43.6 Å². The van der Waals surface area contributed by atoms with Crippen LogP contribution in [-0.2, 0) is 14.3 Å². The number of H-pyrrole nitrogens is 2. The number of nitrogens with one attached hydrogen (secondary N) is 5. The largest absolute Gasteiger partial charge is 0.492 e. The molecule has 2 atom stereocenters. The van der Waals surface area contributed by atoms with Crippen molar-refractivity contribution in [1.29, 1.82) is 0 Å². The van der Waals surface area contributed by atoms with Crippen molar-refractivity contribution in [1.82, 2.24) is 26.1 Å². The number of amides is 2. The first-order valence-corrected chi connectivity index (χ1v) is 26.5. The summed E-state index contributed by atoms with van der Waals surface area (Å²) in [5.74, 6) is 2.79. The number of para-hydroxylation sites is 2. The number of nitrogens with two attached hydrogens (primary N) is 1. The molecule has 8 aromatic rings. The summed E-state index contributed by atoms with van der Waals surface area (Å²) in [5.41, 5.74) is 18.1. The summed E-state index contributed by atoms with van der Waals surface area (Å²) in [6.45, 7) is 6.30. The molecule has 17 nitrogen and oxygen atoms in total. The Bertz CT molecular complexity index is 3320. The Morgan fingerprint density at radius 1 is 0.662 bits per heavy atom. The smallest absolute Gasteiger partial charge is 0.240 e. The average molecular weight is 1090 g/mol. The van der Waals surface area contributed by atoms with E-state index in [4.69, 9.17) is 57.7 Å². The summed E-state index contributed by atoms with van der Waals surface area (Å²) >= 11 is 12.5. The minimum atomic E-state index is -0.643. The van der Waals surface area contributed by atoms with Crippen molar-refractivity contribution in [2.45, 2.75) is 57.7 Å². The summed E-state index contributed by atoms with van der Waals surface area (Å²) in [4.78, 5) is 29.1. The Morgan fingerprint density at radius 3 is 1.64 bits per heavy atom. The zero-order valence-electron chi connectivity index (χ0n) is 42.8. The van der Waals surface area contributed by atoms with Gasteiger partial charge in [0, 0.05) is 71.4 Å². The highest BCUT2D eigenvalue weighted by Gasteiger charge is 2.24. The third kappa shape index (κ3) is 15.7. The van der Waals surface area contributed by atoms with Crippen LogP contribution in [0.15, 0.2) is 132 Å². The number of aromatic nitrogens is 2. The first-order valence-electron chi connectivity index (χ1n) is 25.7. The standard InChI is InChI=1S/C28H29ClN4O4.C15H13NO2.C13H16ClN3O2.C2H6O/c29-21-15-18(22-10-12-27(35)33-32-22)9-11-25(21)36-14-4-13-30-16-19(34)17-37-26-8-3-7-24-28(26)20-5-1-2-6-23(20)31-24;1-2-5-12-11(4-1)15-13(16-12)6-3-7-14(15)18-9-10-8-17-10;14-10-8-9(11-3-5-13(18)17-16-11)2-4-12(10)19-7-1-6-15;1-2-3/h1-3,5-9,11,15,19,30-31,34H,4,10,12-14,16-17H2,(H,33,35);1-7,10,16H,8-9H2;2,4,8H,1,3,5-7,15H2,(H,17,18);3H,2H2,1H3/t19-;;;/m1.../s1. The zero-order valence-corrected chi connectivity index (χ0v) is 44.3. The number of ether oxygens (including phenoxy) is 5. The van der Waals surface area contributed by atoms with Gasteiger partial charge < -0.3 is 54.9 Å². The maximum atomic E-state index is 11.3. The number of carbonyl (C=O) groups excluding carboxylic acids is 2. The van der Waals surface area contributed by atoms with Crippen molar-refractivity contribution in [3.05, 3.63) is 142 Å². The Kier molecular flexibility index (Phi) is 20.5. The van der Waals surface area contributed by atoms with Gasteiger partial charge >= 0.3 is 0 Å². The molecule has 2 aromatic heterocycles. The third-order valence-corrected chi connectivity index (χ3v) is 12.9.